The second-order valence-corrected chi connectivity index (χ2v) is 3.50. The van der Waals surface area contributed by atoms with Crippen LogP contribution in [-0.2, 0) is 0 Å². The van der Waals surface area contributed by atoms with Crippen molar-refractivity contribution in [3.8, 4) is 5.75 Å². The summed E-state index contributed by atoms with van der Waals surface area (Å²) in [6.07, 6.45) is 2.18. The lowest BCUT2D eigenvalue weighted by molar-refractivity contribution is 0.0692. The van der Waals surface area contributed by atoms with Crippen LogP contribution in [0.15, 0.2) is 18.2 Å². The van der Waals surface area contributed by atoms with Crippen molar-refractivity contribution in [3.63, 3.8) is 0 Å². The van der Waals surface area contributed by atoms with Crippen LogP contribution in [0.5, 0.6) is 5.75 Å². The maximum absolute atomic E-state index is 11.1. The molecule has 0 heterocycles. The molecule has 0 saturated heterocycles. The summed E-state index contributed by atoms with van der Waals surface area (Å²) >= 11 is 0. The van der Waals surface area contributed by atoms with Crippen LogP contribution in [-0.4, -0.2) is 18.2 Å². The Balaban J connectivity index is 2.52. The van der Waals surface area contributed by atoms with E-state index in [1.54, 1.807) is 6.07 Å². The number of methoxy groups -OCH3 is 1. The summed E-state index contributed by atoms with van der Waals surface area (Å²) in [4.78, 5) is 11.1. The van der Waals surface area contributed by atoms with Crippen LogP contribution in [0.1, 0.15) is 34.7 Å². The normalized spacial score (nSPS) is 15.2. The Morgan fingerprint density at radius 3 is 2.71 bits per heavy atom. The highest BCUT2D eigenvalue weighted by Gasteiger charge is 2.29. The molecule has 1 saturated carbocycles. The first-order valence-electron chi connectivity index (χ1n) is 4.64. The summed E-state index contributed by atoms with van der Waals surface area (Å²) in [5.41, 5.74) is 1.24. The number of carboxylic acids is 1. The minimum Gasteiger partial charge on any atom is -0.496 e. The minimum absolute atomic E-state index is 0.331. The van der Waals surface area contributed by atoms with Gasteiger partial charge in [0.05, 0.1) is 7.11 Å². The quantitative estimate of drug-likeness (QED) is 0.799. The van der Waals surface area contributed by atoms with Crippen LogP contribution in [0, 0.1) is 0 Å². The lowest BCUT2D eigenvalue weighted by Gasteiger charge is -2.09. The number of rotatable bonds is 3. The van der Waals surface area contributed by atoms with E-state index in [0.29, 0.717) is 17.2 Å². The molecular formula is C11H12O3. The second-order valence-electron chi connectivity index (χ2n) is 3.50. The second kappa shape index (κ2) is 3.33. The molecule has 2 rings (SSSR count). The van der Waals surface area contributed by atoms with Gasteiger partial charge in [0.25, 0.3) is 0 Å². The summed E-state index contributed by atoms with van der Waals surface area (Å²) in [6.45, 7) is 0. The summed E-state index contributed by atoms with van der Waals surface area (Å²) in [7, 11) is 1.50. The molecule has 0 spiro atoms. The zero-order valence-corrected chi connectivity index (χ0v) is 7.99. The monoisotopic (exact) mass is 192 g/mol. The number of hydrogen-bond donors (Lipinski definition) is 1. The fraction of sp³-hybridized carbons (Fsp3) is 0.364. The van der Waals surface area contributed by atoms with E-state index >= 15 is 0 Å². The molecule has 74 valence electrons. The van der Waals surface area contributed by atoms with E-state index in [9.17, 15) is 4.79 Å². The van der Waals surface area contributed by atoms with Crippen LogP contribution in [0.4, 0.5) is 0 Å². The Morgan fingerprint density at radius 1 is 1.50 bits per heavy atom. The third-order valence-electron chi connectivity index (χ3n) is 2.51. The third-order valence-corrected chi connectivity index (χ3v) is 2.51. The summed E-state index contributed by atoms with van der Waals surface area (Å²) in [5, 5.41) is 9.07. The molecule has 0 unspecified atom stereocenters. The molecule has 0 aromatic heterocycles. The standard InChI is InChI=1S/C11H12O3/c1-14-9-4-2-3-8(7-5-6-7)10(9)11(12)13/h2-4,7H,5-6H2,1H3,(H,12,13). The van der Waals surface area contributed by atoms with Crippen molar-refractivity contribution in [1.82, 2.24) is 0 Å². The van der Waals surface area contributed by atoms with Gasteiger partial charge in [0.2, 0.25) is 0 Å². The maximum atomic E-state index is 11.1. The van der Waals surface area contributed by atoms with Gasteiger partial charge in [0.1, 0.15) is 11.3 Å². The molecule has 0 bridgehead atoms. The smallest absolute Gasteiger partial charge is 0.339 e. The molecule has 0 atom stereocenters. The van der Waals surface area contributed by atoms with Crippen LogP contribution < -0.4 is 4.74 Å². The Kier molecular flexibility index (Phi) is 2.15. The van der Waals surface area contributed by atoms with Gasteiger partial charge >= 0.3 is 5.97 Å². The van der Waals surface area contributed by atoms with Gasteiger partial charge in [0, 0.05) is 0 Å². The summed E-state index contributed by atoms with van der Waals surface area (Å²) in [5.74, 6) is -0.0116. The average Bonchev–Trinajstić information content (AvgIpc) is 2.99. The molecular weight excluding hydrogens is 180 g/mol. The van der Waals surface area contributed by atoms with Gasteiger partial charge in [-0.3, -0.25) is 0 Å². The number of carbonyl (C=O) groups is 1. The fourth-order valence-electron chi connectivity index (χ4n) is 1.68. The predicted octanol–water partition coefficient (Wildman–Crippen LogP) is 2.27. The van der Waals surface area contributed by atoms with Gasteiger partial charge in [-0.05, 0) is 30.4 Å². The third kappa shape index (κ3) is 1.45. The van der Waals surface area contributed by atoms with Crippen LogP contribution in [0.2, 0.25) is 0 Å². The number of aromatic carboxylic acids is 1. The largest absolute Gasteiger partial charge is 0.496 e. The van der Waals surface area contributed by atoms with Crippen LogP contribution in [0.25, 0.3) is 0 Å². The Hall–Kier alpha value is -1.51. The molecule has 1 aromatic rings. The molecule has 3 nitrogen and oxygen atoms in total. The molecule has 0 amide bonds. The van der Waals surface area contributed by atoms with E-state index in [2.05, 4.69) is 0 Å². The lowest BCUT2D eigenvalue weighted by atomic mass is 10.0. The Bertz CT molecular complexity index is 367. The van der Waals surface area contributed by atoms with Gasteiger partial charge < -0.3 is 9.84 Å². The van der Waals surface area contributed by atoms with Crippen molar-refractivity contribution >= 4 is 5.97 Å². The van der Waals surface area contributed by atoms with E-state index in [0.717, 1.165) is 18.4 Å². The highest BCUT2D eigenvalue weighted by atomic mass is 16.5. The number of ether oxygens (including phenoxy) is 1. The first kappa shape index (κ1) is 9.06. The zero-order chi connectivity index (χ0) is 10.1. The summed E-state index contributed by atoms with van der Waals surface area (Å²) in [6, 6.07) is 5.41. The van der Waals surface area contributed by atoms with Crippen molar-refractivity contribution in [2.45, 2.75) is 18.8 Å². The molecule has 0 radical (unpaired) electrons. The molecule has 1 aromatic carbocycles. The van der Waals surface area contributed by atoms with Crippen LogP contribution in [0.3, 0.4) is 0 Å². The zero-order valence-electron chi connectivity index (χ0n) is 7.99. The lowest BCUT2D eigenvalue weighted by Crippen LogP contribution is -2.04. The van der Waals surface area contributed by atoms with E-state index in [-0.39, 0.29) is 0 Å². The Morgan fingerprint density at radius 2 is 2.21 bits per heavy atom. The van der Waals surface area contributed by atoms with E-state index < -0.39 is 5.97 Å². The highest BCUT2D eigenvalue weighted by molar-refractivity contribution is 5.93. The van der Waals surface area contributed by atoms with Crippen molar-refractivity contribution in [3.05, 3.63) is 29.3 Å². The first-order valence-corrected chi connectivity index (χ1v) is 4.64. The van der Waals surface area contributed by atoms with Crippen molar-refractivity contribution in [2.24, 2.45) is 0 Å². The SMILES string of the molecule is COc1cccc(C2CC2)c1C(=O)O. The first-order chi connectivity index (χ1) is 6.74. The van der Waals surface area contributed by atoms with Gasteiger partial charge in [-0.15, -0.1) is 0 Å². The maximum Gasteiger partial charge on any atom is 0.339 e. The van der Waals surface area contributed by atoms with E-state index in [4.69, 9.17) is 9.84 Å². The van der Waals surface area contributed by atoms with Gasteiger partial charge in [-0.1, -0.05) is 12.1 Å². The summed E-state index contributed by atoms with van der Waals surface area (Å²) < 4.78 is 5.04. The number of carboxylic acid groups (broad SMARTS) is 1. The minimum atomic E-state index is -0.899. The van der Waals surface area contributed by atoms with Crippen molar-refractivity contribution < 1.29 is 14.6 Å². The molecule has 3 heteroatoms. The van der Waals surface area contributed by atoms with Gasteiger partial charge in [-0.25, -0.2) is 4.79 Å². The van der Waals surface area contributed by atoms with Crippen molar-refractivity contribution in [1.29, 1.82) is 0 Å². The van der Waals surface area contributed by atoms with Gasteiger partial charge in [-0.2, -0.15) is 0 Å². The molecule has 1 aliphatic rings. The molecule has 14 heavy (non-hydrogen) atoms. The van der Waals surface area contributed by atoms with Gasteiger partial charge in [0.15, 0.2) is 0 Å². The van der Waals surface area contributed by atoms with E-state index in [1.807, 2.05) is 12.1 Å². The molecule has 1 fully saturated rings. The van der Waals surface area contributed by atoms with Crippen LogP contribution >= 0.6 is 0 Å². The molecule has 1 aliphatic carbocycles. The molecule has 0 aliphatic heterocycles. The highest BCUT2D eigenvalue weighted by Crippen LogP contribution is 2.43. The predicted molar refractivity (Wildman–Crippen MR) is 51.9 cm³/mol. The fourth-order valence-corrected chi connectivity index (χ4v) is 1.68. The Labute approximate surface area is 82.3 Å². The number of hydrogen-bond acceptors (Lipinski definition) is 2. The van der Waals surface area contributed by atoms with E-state index in [1.165, 1.54) is 7.11 Å². The number of benzene rings is 1. The van der Waals surface area contributed by atoms with Crippen molar-refractivity contribution in [2.75, 3.05) is 7.11 Å². The average molecular weight is 192 g/mol. The topological polar surface area (TPSA) is 46.5 Å². The molecule has 1 N–H and O–H groups in total.